The maximum atomic E-state index is 14.0. The third-order valence-corrected chi connectivity index (χ3v) is 5.10. The average Bonchev–Trinajstić information content (AvgIpc) is 2.90. The summed E-state index contributed by atoms with van der Waals surface area (Å²) >= 11 is 5.80. The molecule has 0 aromatic heterocycles. The molecule has 0 radical (unpaired) electrons. The Kier molecular flexibility index (Phi) is 4.60. The molecule has 1 saturated heterocycles. The monoisotopic (exact) mass is 309 g/mol. The Hall–Kier alpha value is -0.930. The van der Waals surface area contributed by atoms with Gasteiger partial charge in [-0.05, 0) is 44.4 Å². The first-order valence-electron chi connectivity index (χ1n) is 7.86. The number of carbonyl (C=O) groups excluding carboxylic acids is 1. The highest BCUT2D eigenvalue weighted by Crippen LogP contribution is 2.33. The SMILES string of the molecule is O=C1CCCCC1C1CCCN1Cc1ccc(Cl)cc1F. The minimum Gasteiger partial charge on any atom is -0.299 e. The molecule has 4 heteroatoms. The van der Waals surface area contributed by atoms with Crippen molar-refractivity contribution in [3.05, 3.63) is 34.6 Å². The van der Waals surface area contributed by atoms with E-state index < -0.39 is 0 Å². The molecule has 1 heterocycles. The van der Waals surface area contributed by atoms with Gasteiger partial charge in [0.05, 0.1) is 0 Å². The fourth-order valence-electron chi connectivity index (χ4n) is 3.79. The van der Waals surface area contributed by atoms with Gasteiger partial charge in [0.2, 0.25) is 0 Å². The Morgan fingerprint density at radius 2 is 2.10 bits per heavy atom. The van der Waals surface area contributed by atoms with E-state index in [1.165, 1.54) is 6.07 Å². The minimum absolute atomic E-state index is 0.164. The van der Waals surface area contributed by atoms with Gasteiger partial charge in [-0.15, -0.1) is 0 Å². The largest absolute Gasteiger partial charge is 0.299 e. The van der Waals surface area contributed by atoms with Gasteiger partial charge in [-0.2, -0.15) is 0 Å². The van der Waals surface area contributed by atoms with Gasteiger partial charge in [0, 0.05) is 35.5 Å². The smallest absolute Gasteiger partial charge is 0.137 e. The van der Waals surface area contributed by atoms with Crippen molar-refractivity contribution in [2.75, 3.05) is 6.54 Å². The van der Waals surface area contributed by atoms with Gasteiger partial charge in [-0.25, -0.2) is 4.39 Å². The van der Waals surface area contributed by atoms with Gasteiger partial charge in [-0.3, -0.25) is 9.69 Å². The van der Waals surface area contributed by atoms with E-state index in [-0.39, 0.29) is 11.7 Å². The number of hydrogen-bond donors (Lipinski definition) is 0. The lowest BCUT2D eigenvalue weighted by Crippen LogP contribution is -2.40. The van der Waals surface area contributed by atoms with Crippen LogP contribution in [0.4, 0.5) is 4.39 Å². The number of nitrogens with zero attached hydrogens (tertiary/aromatic N) is 1. The molecule has 1 saturated carbocycles. The van der Waals surface area contributed by atoms with Crippen LogP contribution in [0.1, 0.15) is 44.1 Å². The van der Waals surface area contributed by atoms with E-state index in [1.807, 2.05) is 0 Å². The molecular weight excluding hydrogens is 289 g/mol. The summed E-state index contributed by atoms with van der Waals surface area (Å²) in [4.78, 5) is 14.5. The quantitative estimate of drug-likeness (QED) is 0.834. The van der Waals surface area contributed by atoms with E-state index in [0.717, 1.165) is 45.1 Å². The van der Waals surface area contributed by atoms with E-state index in [1.54, 1.807) is 12.1 Å². The van der Waals surface area contributed by atoms with Crippen molar-refractivity contribution >= 4 is 17.4 Å². The van der Waals surface area contributed by atoms with Crippen LogP contribution in [-0.2, 0) is 11.3 Å². The topological polar surface area (TPSA) is 20.3 Å². The molecule has 1 aromatic rings. The minimum atomic E-state index is -0.247. The van der Waals surface area contributed by atoms with Crippen LogP contribution in [0.3, 0.4) is 0 Å². The first-order chi connectivity index (χ1) is 10.1. The standard InChI is InChI=1S/C17H21ClFNO/c18-13-8-7-12(15(19)10-13)11-20-9-3-5-16(20)14-4-1-2-6-17(14)21/h7-8,10,14,16H,1-6,9,11H2. The van der Waals surface area contributed by atoms with Gasteiger partial charge in [-0.1, -0.05) is 24.1 Å². The van der Waals surface area contributed by atoms with Crippen LogP contribution in [-0.4, -0.2) is 23.3 Å². The number of likely N-dealkylation sites (tertiary alicyclic amines) is 1. The second kappa shape index (κ2) is 6.45. The van der Waals surface area contributed by atoms with E-state index in [9.17, 15) is 9.18 Å². The molecule has 0 bridgehead atoms. The zero-order valence-electron chi connectivity index (χ0n) is 12.2. The predicted octanol–water partition coefficient (Wildman–Crippen LogP) is 4.20. The second-order valence-corrected chi connectivity index (χ2v) is 6.67. The van der Waals surface area contributed by atoms with Crippen molar-refractivity contribution in [3.8, 4) is 0 Å². The van der Waals surface area contributed by atoms with E-state index >= 15 is 0 Å². The number of rotatable bonds is 3. The molecule has 1 aliphatic carbocycles. The summed E-state index contributed by atoms with van der Waals surface area (Å²) in [5.41, 5.74) is 0.676. The summed E-state index contributed by atoms with van der Waals surface area (Å²) in [7, 11) is 0. The van der Waals surface area contributed by atoms with Gasteiger partial charge >= 0.3 is 0 Å². The molecule has 2 fully saturated rings. The number of ketones is 1. The Morgan fingerprint density at radius 1 is 1.24 bits per heavy atom. The molecule has 1 aliphatic heterocycles. The van der Waals surface area contributed by atoms with Gasteiger partial charge in [0.1, 0.15) is 11.6 Å². The number of carbonyl (C=O) groups is 1. The molecule has 0 spiro atoms. The lowest BCUT2D eigenvalue weighted by molar-refractivity contribution is -0.126. The lowest BCUT2D eigenvalue weighted by Gasteiger charge is -2.33. The molecule has 2 atom stereocenters. The Labute approximate surface area is 130 Å². The fourth-order valence-corrected chi connectivity index (χ4v) is 3.95. The molecular formula is C17H21ClFNO. The number of benzene rings is 1. The summed E-state index contributed by atoms with van der Waals surface area (Å²) in [6.07, 6.45) is 6.08. The Balaban J connectivity index is 1.73. The fraction of sp³-hybridized carbons (Fsp3) is 0.588. The molecule has 0 N–H and O–H groups in total. The molecule has 114 valence electrons. The highest BCUT2D eigenvalue weighted by molar-refractivity contribution is 6.30. The van der Waals surface area contributed by atoms with Crippen LogP contribution in [0, 0.1) is 11.7 Å². The van der Waals surface area contributed by atoms with E-state index in [0.29, 0.717) is 29.0 Å². The summed E-state index contributed by atoms with van der Waals surface area (Å²) < 4.78 is 14.0. The zero-order chi connectivity index (χ0) is 14.8. The Morgan fingerprint density at radius 3 is 2.86 bits per heavy atom. The first-order valence-corrected chi connectivity index (χ1v) is 8.23. The van der Waals surface area contributed by atoms with Gasteiger partial charge < -0.3 is 0 Å². The molecule has 2 unspecified atom stereocenters. The van der Waals surface area contributed by atoms with Crippen LogP contribution >= 0.6 is 11.6 Å². The lowest BCUT2D eigenvalue weighted by atomic mass is 9.82. The van der Waals surface area contributed by atoms with Crippen LogP contribution in [0.2, 0.25) is 5.02 Å². The first kappa shape index (κ1) is 15.0. The normalized spacial score (nSPS) is 27.2. The molecule has 0 amide bonds. The van der Waals surface area contributed by atoms with Crippen molar-refractivity contribution in [2.45, 2.75) is 51.1 Å². The molecule has 3 rings (SSSR count). The van der Waals surface area contributed by atoms with Crippen molar-refractivity contribution in [3.63, 3.8) is 0 Å². The second-order valence-electron chi connectivity index (χ2n) is 6.23. The summed E-state index contributed by atoms with van der Waals surface area (Å²) in [6.45, 7) is 1.54. The maximum Gasteiger partial charge on any atom is 0.137 e. The summed E-state index contributed by atoms with van der Waals surface area (Å²) in [6, 6.07) is 5.16. The summed E-state index contributed by atoms with van der Waals surface area (Å²) in [5, 5.41) is 0.427. The number of hydrogen-bond acceptors (Lipinski definition) is 2. The highest BCUT2D eigenvalue weighted by atomic mass is 35.5. The molecule has 21 heavy (non-hydrogen) atoms. The zero-order valence-corrected chi connectivity index (χ0v) is 12.9. The van der Waals surface area contributed by atoms with Crippen LogP contribution in [0.25, 0.3) is 0 Å². The van der Waals surface area contributed by atoms with Crippen LogP contribution in [0.15, 0.2) is 18.2 Å². The third-order valence-electron chi connectivity index (χ3n) is 4.87. The summed E-state index contributed by atoms with van der Waals surface area (Å²) in [5.74, 6) is 0.328. The average molecular weight is 310 g/mol. The predicted molar refractivity (Wildman–Crippen MR) is 81.8 cm³/mol. The number of halogens is 2. The Bertz CT molecular complexity index is 534. The third kappa shape index (κ3) is 3.29. The van der Waals surface area contributed by atoms with Crippen molar-refractivity contribution < 1.29 is 9.18 Å². The van der Waals surface area contributed by atoms with E-state index in [2.05, 4.69) is 4.90 Å². The number of Topliss-reactive ketones (excluding diaryl/α,β-unsaturated/α-hetero) is 1. The highest BCUT2D eigenvalue weighted by Gasteiger charge is 2.36. The van der Waals surface area contributed by atoms with Crippen LogP contribution in [0.5, 0.6) is 0 Å². The van der Waals surface area contributed by atoms with Crippen molar-refractivity contribution in [1.29, 1.82) is 0 Å². The van der Waals surface area contributed by atoms with Crippen molar-refractivity contribution in [1.82, 2.24) is 4.90 Å². The van der Waals surface area contributed by atoms with Gasteiger partial charge in [0.15, 0.2) is 0 Å². The molecule has 2 aliphatic rings. The molecule has 2 nitrogen and oxygen atoms in total. The molecule has 1 aromatic carbocycles. The van der Waals surface area contributed by atoms with E-state index in [4.69, 9.17) is 11.6 Å². The van der Waals surface area contributed by atoms with Crippen LogP contribution < -0.4 is 0 Å². The van der Waals surface area contributed by atoms with Gasteiger partial charge in [0.25, 0.3) is 0 Å². The van der Waals surface area contributed by atoms with Crippen molar-refractivity contribution in [2.24, 2.45) is 5.92 Å². The maximum absolute atomic E-state index is 14.0.